The minimum atomic E-state index is -0.960. The monoisotopic (exact) mass is 274 g/mol. The molecule has 0 radical (unpaired) electrons. The Morgan fingerprint density at radius 2 is 2.06 bits per heavy atom. The van der Waals surface area contributed by atoms with Gasteiger partial charge in [-0.05, 0) is 31.3 Å². The maximum atomic E-state index is 11.6. The van der Waals surface area contributed by atoms with Crippen LogP contribution in [0.15, 0.2) is 0 Å². The summed E-state index contributed by atoms with van der Waals surface area (Å²) in [5, 5.41) is 14.7. The van der Waals surface area contributed by atoms with Gasteiger partial charge in [0.25, 0.3) is 0 Å². The SMILES string of the molecule is CSCCC(NC(=O)CNC1CCCC1)C(=O)O. The van der Waals surface area contributed by atoms with Gasteiger partial charge in [-0.2, -0.15) is 11.8 Å². The van der Waals surface area contributed by atoms with Crippen molar-refractivity contribution in [1.29, 1.82) is 0 Å². The van der Waals surface area contributed by atoms with E-state index < -0.39 is 12.0 Å². The first-order valence-corrected chi connectivity index (χ1v) is 7.77. The van der Waals surface area contributed by atoms with Crippen molar-refractivity contribution in [3.05, 3.63) is 0 Å². The van der Waals surface area contributed by atoms with Gasteiger partial charge in [-0.25, -0.2) is 4.79 Å². The average Bonchev–Trinajstić information content (AvgIpc) is 2.84. The highest BCUT2D eigenvalue weighted by Crippen LogP contribution is 2.17. The van der Waals surface area contributed by atoms with Crippen molar-refractivity contribution in [2.75, 3.05) is 18.6 Å². The first kappa shape index (κ1) is 15.3. The van der Waals surface area contributed by atoms with Crippen LogP contribution in [0.5, 0.6) is 0 Å². The van der Waals surface area contributed by atoms with Crippen molar-refractivity contribution in [3.8, 4) is 0 Å². The Labute approximate surface area is 112 Å². The fraction of sp³-hybridized carbons (Fsp3) is 0.833. The van der Waals surface area contributed by atoms with E-state index in [1.807, 2.05) is 6.26 Å². The number of thioether (sulfide) groups is 1. The molecule has 3 N–H and O–H groups in total. The first-order chi connectivity index (χ1) is 8.63. The largest absolute Gasteiger partial charge is 0.480 e. The van der Waals surface area contributed by atoms with Crippen LogP contribution in [0.1, 0.15) is 32.1 Å². The molecule has 1 fully saturated rings. The molecule has 0 aliphatic heterocycles. The Hall–Kier alpha value is -0.750. The quantitative estimate of drug-likeness (QED) is 0.611. The number of aliphatic carboxylic acids is 1. The predicted molar refractivity (Wildman–Crippen MR) is 72.8 cm³/mol. The third-order valence-corrected chi connectivity index (χ3v) is 3.79. The molecule has 1 saturated carbocycles. The van der Waals surface area contributed by atoms with E-state index in [1.54, 1.807) is 11.8 Å². The third-order valence-electron chi connectivity index (χ3n) is 3.15. The van der Waals surface area contributed by atoms with Crippen LogP contribution in [0.25, 0.3) is 0 Å². The van der Waals surface area contributed by atoms with Gasteiger partial charge in [-0.15, -0.1) is 0 Å². The number of carbonyl (C=O) groups is 2. The van der Waals surface area contributed by atoms with Gasteiger partial charge in [-0.1, -0.05) is 12.8 Å². The molecule has 1 aliphatic carbocycles. The molecule has 5 nitrogen and oxygen atoms in total. The average molecular weight is 274 g/mol. The van der Waals surface area contributed by atoms with Gasteiger partial charge in [0.2, 0.25) is 5.91 Å². The number of carboxylic acid groups (broad SMARTS) is 1. The van der Waals surface area contributed by atoms with E-state index in [9.17, 15) is 9.59 Å². The number of carbonyl (C=O) groups excluding carboxylic acids is 1. The number of amides is 1. The summed E-state index contributed by atoms with van der Waals surface area (Å²) >= 11 is 1.58. The number of hydrogen-bond donors (Lipinski definition) is 3. The molecule has 0 bridgehead atoms. The summed E-state index contributed by atoms with van der Waals surface area (Å²) in [4.78, 5) is 22.6. The Balaban J connectivity index is 2.24. The van der Waals surface area contributed by atoms with E-state index in [1.165, 1.54) is 12.8 Å². The fourth-order valence-electron chi connectivity index (χ4n) is 2.11. The van der Waals surface area contributed by atoms with E-state index in [0.717, 1.165) is 18.6 Å². The molecule has 6 heteroatoms. The van der Waals surface area contributed by atoms with Crippen molar-refractivity contribution in [2.45, 2.75) is 44.2 Å². The Morgan fingerprint density at radius 1 is 1.39 bits per heavy atom. The number of hydrogen-bond acceptors (Lipinski definition) is 4. The molecule has 104 valence electrons. The van der Waals surface area contributed by atoms with Gasteiger partial charge in [0.15, 0.2) is 0 Å². The highest BCUT2D eigenvalue weighted by Gasteiger charge is 2.20. The zero-order chi connectivity index (χ0) is 13.4. The summed E-state index contributed by atoms with van der Waals surface area (Å²) in [5.74, 6) is -0.457. The molecule has 0 aromatic carbocycles. The van der Waals surface area contributed by atoms with Gasteiger partial charge in [0.1, 0.15) is 6.04 Å². The van der Waals surface area contributed by atoms with Crippen LogP contribution in [-0.4, -0.2) is 47.6 Å². The Kier molecular flexibility index (Phi) is 7.12. The van der Waals surface area contributed by atoms with Crippen LogP contribution in [0, 0.1) is 0 Å². The second kappa shape index (κ2) is 8.37. The molecular weight excluding hydrogens is 252 g/mol. The predicted octanol–water partition coefficient (Wildman–Crippen LogP) is 0.841. The summed E-state index contributed by atoms with van der Waals surface area (Å²) in [7, 11) is 0. The van der Waals surface area contributed by atoms with Gasteiger partial charge >= 0.3 is 5.97 Å². The van der Waals surface area contributed by atoms with E-state index in [0.29, 0.717) is 12.5 Å². The van der Waals surface area contributed by atoms with Crippen LogP contribution in [0.4, 0.5) is 0 Å². The molecule has 18 heavy (non-hydrogen) atoms. The highest BCUT2D eigenvalue weighted by molar-refractivity contribution is 7.98. The van der Waals surface area contributed by atoms with Crippen molar-refractivity contribution in [3.63, 3.8) is 0 Å². The molecule has 0 aromatic rings. The Bertz CT molecular complexity index is 280. The maximum Gasteiger partial charge on any atom is 0.326 e. The summed E-state index contributed by atoms with van der Waals surface area (Å²) in [6.07, 6.45) is 7.04. The summed E-state index contributed by atoms with van der Waals surface area (Å²) in [6.45, 7) is 0.216. The normalized spacial score (nSPS) is 17.6. The second-order valence-corrected chi connectivity index (χ2v) is 5.59. The van der Waals surface area contributed by atoms with E-state index in [2.05, 4.69) is 10.6 Å². The summed E-state index contributed by atoms with van der Waals surface area (Å²) in [6, 6.07) is -0.347. The van der Waals surface area contributed by atoms with Gasteiger partial charge in [0.05, 0.1) is 6.54 Å². The molecule has 1 unspecified atom stereocenters. The van der Waals surface area contributed by atoms with Crippen LogP contribution in [0.2, 0.25) is 0 Å². The third kappa shape index (κ3) is 5.73. The Morgan fingerprint density at radius 3 is 2.61 bits per heavy atom. The molecule has 0 heterocycles. The molecule has 0 aromatic heterocycles. The first-order valence-electron chi connectivity index (χ1n) is 6.38. The minimum absolute atomic E-state index is 0.216. The van der Waals surface area contributed by atoms with E-state index >= 15 is 0 Å². The van der Waals surface area contributed by atoms with Gasteiger partial charge < -0.3 is 15.7 Å². The summed E-state index contributed by atoms with van der Waals surface area (Å²) in [5.41, 5.74) is 0. The fourth-order valence-corrected chi connectivity index (χ4v) is 2.58. The maximum absolute atomic E-state index is 11.6. The van der Waals surface area contributed by atoms with E-state index in [-0.39, 0.29) is 12.5 Å². The molecule has 1 amide bonds. The number of nitrogens with one attached hydrogen (secondary N) is 2. The highest BCUT2D eigenvalue weighted by atomic mass is 32.2. The minimum Gasteiger partial charge on any atom is -0.480 e. The smallest absolute Gasteiger partial charge is 0.326 e. The van der Waals surface area contributed by atoms with Crippen LogP contribution in [0.3, 0.4) is 0 Å². The summed E-state index contributed by atoms with van der Waals surface area (Å²) < 4.78 is 0. The molecule has 1 aliphatic rings. The standard InChI is InChI=1S/C12H22N2O3S/c1-18-7-6-10(12(16)17)14-11(15)8-13-9-4-2-3-5-9/h9-10,13H,2-8H2,1H3,(H,14,15)(H,16,17). The van der Waals surface area contributed by atoms with Crippen LogP contribution in [-0.2, 0) is 9.59 Å². The molecule has 0 saturated heterocycles. The second-order valence-electron chi connectivity index (χ2n) is 4.60. The molecular formula is C12H22N2O3S. The van der Waals surface area contributed by atoms with Crippen LogP contribution < -0.4 is 10.6 Å². The lowest BCUT2D eigenvalue weighted by molar-refractivity contribution is -0.141. The number of rotatable bonds is 8. The van der Waals surface area contributed by atoms with Gasteiger partial charge in [-0.3, -0.25) is 4.79 Å². The molecule has 0 spiro atoms. The number of carboxylic acids is 1. The topological polar surface area (TPSA) is 78.4 Å². The van der Waals surface area contributed by atoms with Crippen molar-refractivity contribution in [1.82, 2.24) is 10.6 Å². The lowest BCUT2D eigenvalue weighted by atomic mass is 10.2. The lowest BCUT2D eigenvalue weighted by Crippen LogP contribution is -2.46. The van der Waals surface area contributed by atoms with Gasteiger partial charge in [0, 0.05) is 6.04 Å². The zero-order valence-corrected chi connectivity index (χ0v) is 11.6. The van der Waals surface area contributed by atoms with Crippen molar-refractivity contribution < 1.29 is 14.7 Å². The molecule has 1 rings (SSSR count). The van der Waals surface area contributed by atoms with E-state index in [4.69, 9.17) is 5.11 Å². The van der Waals surface area contributed by atoms with Crippen LogP contribution >= 0.6 is 11.8 Å². The van der Waals surface area contributed by atoms with Crippen molar-refractivity contribution >= 4 is 23.6 Å². The lowest BCUT2D eigenvalue weighted by Gasteiger charge is -2.16. The molecule has 1 atom stereocenters. The zero-order valence-electron chi connectivity index (χ0n) is 10.8. The van der Waals surface area contributed by atoms with Crippen molar-refractivity contribution in [2.24, 2.45) is 0 Å².